The van der Waals surface area contributed by atoms with Crippen molar-refractivity contribution in [2.45, 2.75) is 40.2 Å². The molecule has 0 saturated carbocycles. The number of aryl methyl sites for hydroxylation is 2. The first kappa shape index (κ1) is 13.7. The Morgan fingerprint density at radius 2 is 2.00 bits per heavy atom. The van der Waals surface area contributed by atoms with E-state index in [1.54, 1.807) is 0 Å². The third-order valence-electron chi connectivity index (χ3n) is 3.21. The van der Waals surface area contributed by atoms with E-state index in [0.717, 1.165) is 11.1 Å². The topological polar surface area (TPSA) is 63.3 Å². The average Bonchev–Trinajstić information content (AvgIpc) is 2.14. The first-order valence-electron chi connectivity index (χ1n) is 5.78. The molecule has 0 radical (unpaired) electrons. The molecule has 0 spiro atoms. The molecule has 3 N–H and O–H groups in total. The van der Waals surface area contributed by atoms with Crippen LogP contribution in [0.2, 0.25) is 0 Å². The Morgan fingerprint density at radius 3 is 2.47 bits per heavy atom. The van der Waals surface area contributed by atoms with E-state index in [9.17, 15) is 4.79 Å². The number of rotatable bonds is 4. The predicted molar refractivity (Wildman–Crippen MR) is 68.9 cm³/mol. The fourth-order valence-electron chi connectivity index (χ4n) is 2.10. The van der Waals surface area contributed by atoms with Crippen molar-refractivity contribution < 1.29 is 9.90 Å². The van der Waals surface area contributed by atoms with Crippen molar-refractivity contribution in [3.05, 3.63) is 34.9 Å². The van der Waals surface area contributed by atoms with Gasteiger partial charge in [0.1, 0.15) is 0 Å². The van der Waals surface area contributed by atoms with Gasteiger partial charge in [0.05, 0.1) is 6.42 Å². The maximum absolute atomic E-state index is 10.8. The molecule has 0 aliphatic rings. The summed E-state index contributed by atoms with van der Waals surface area (Å²) in [6, 6.07) is 5.82. The normalized spacial score (nSPS) is 13.5. The smallest absolute Gasteiger partial charge is 0.303 e. The highest BCUT2D eigenvalue weighted by Crippen LogP contribution is 2.35. The molecular weight excluding hydrogens is 214 g/mol. The van der Waals surface area contributed by atoms with Crippen molar-refractivity contribution in [2.75, 3.05) is 0 Å². The lowest BCUT2D eigenvalue weighted by atomic mass is 9.77. The van der Waals surface area contributed by atoms with Crippen LogP contribution < -0.4 is 5.73 Å². The number of hydrogen-bond donors (Lipinski definition) is 2. The summed E-state index contributed by atoms with van der Waals surface area (Å²) in [7, 11) is 0. The van der Waals surface area contributed by atoms with Gasteiger partial charge in [-0.15, -0.1) is 0 Å². The van der Waals surface area contributed by atoms with Crippen molar-refractivity contribution >= 4 is 5.97 Å². The highest BCUT2D eigenvalue weighted by molar-refractivity contribution is 5.67. The van der Waals surface area contributed by atoms with Crippen molar-refractivity contribution in [1.82, 2.24) is 0 Å². The first-order valence-corrected chi connectivity index (χ1v) is 5.78. The molecular formula is C14H21NO2. The van der Waals surface area contributed by atoms with Gasteiger partial charge >= 0.3 is 5.97 Å². The van der Waals surface area contributed by atoms with E-state index in [4.69, 9.17) is 10.8 Å². The molecule has 0 fully saturated rings. The third kappa shape index (κ3) is 3.30. The van der Waals surface area contributed by atoms with Crippen molar-refractivity contribution in [2.24, 2.45) is 11.1 Å². The largest absolute Gasteiger partial charge is 0.481 e. The maximum Gasteiger partial charge on any atom is 0.303 e. The number of carboxylic acid groups (broad SMARTS) is 1. The van der Waals surface area contributed by atoms with Crippen LogP contribution in [0.15, 0.2) is 18.2 Å². The zero-order valence-corrected chi connectivity index (χ0v) is 10.9. The molecule has 0 amide bonds. The lowest BCUT2D eigenvalue weighted by Gasteiger charge is -2.31. The second-order valence-corrected chi connectivity index (χ2v) is 5.40. The van der Waals surface area contributed by atoms with E-state index in [-0.39, 0.29) is 12.5 Å². The van der Waals surface area contributed by atoms with Crippen LogP contribution in [0.25, 0.3) is 0 Å². The van der Waals surface area contributed by atoms with Crippen LogP contribution in [-0.2, 0) is 4.79 Å². The maximum atomic E-state index is 10.8. The van der Waals surface area contributed by atoms with Gasteiger partial charge in [-0.25, -0.2) is 0 Å². The Hall–Kier alpha value is -1.35. The van der Waals surface area contributed by atoms with Gasteiger partial charge in [0, 0.05) is 6.04 Å². The number of carboxylic acids is 1. The van der Waals surface area contributed by atoms with Gasteiger partial charge in [0.25, 0.3) is 0 Å². The summed E-state index contributed by atoms with van der Waals surface area (Å²) in [6.07, 6.45) is 0.0709. The molecule has 0 heterocycles. The summed E-state index contributed by atoms with van der Waals surface area (Å²) >= 11 is 0. The molecule has 0 aliphatic heterocycles. The van der Waals surface area contributed by atoms with Gasteiger partial charge < -0.3 is 10.8 Å². The van der Waals surface area contributed by atoms with E-state index >= 15 is 0 Å². The molecule has 0 saturated heterocycles. The molecule has 1 unspecified atom stereocenters. The van der Waals surface area contributed by atoms with Gasteiger partial charge in [-0.1, -0.05) is 37.6 Å². The van der Waals surface area contributed by atoms with Gasteiger partial charge in [-0.05, 0) is 30.4 Å². The minimum absolute atomic E-state index is 0.0709. The van der Waals surface area contributed by atoms with E-state index in [2.05, 4.69) is 6.07 Å². The molecule has 1 rings (SSSR count). The van der Waals surface area contributed by atoms with Crippen LogP contribution in [0.1, 0.15) is 43.0 Å². The molecule has 3 nitrogen and oxygen atoms in total. The SMILES string of the molecule is Cc1ccc(C(N)C(C)(C)CC(=O)O)c(C)c1. The number of hydrogen-bond acceptors (Lipinski definition) is 2. The van der Waals surface area contributed by atoms with Crippen LogP contribution in [0, 0.1) is 19.3 Å². The van der Waals surface area contributed by atoms with E-state index in [0.29, 0.717) is 0 Å². The monoisotopic (exact) mass is 235 g/mol. The Labute approximate surface area is 103 Å². The predicted octanol–water partition coefficient (Wildman–Crippen LogP) is 2.80. The molecule has 1 aromatic carbocycles. The van der Waals surface area contributed by atoms with Crippen LogP contribution in [0.4, 0.5) is 0 Å². The number of nitrogens with two attached hydrogens (primary N) is 1. The zero-order chi connectivity index (χ0) is 13.2. The van der Waals surface area contributed by atoms with Crippen LogP contribution in [-0.4, -0.2) is 11.1 Å². The molecule has 1 atom stereocenters. The third-order valence-corrected chi connectivity index (χ3v) is 3.21. The first-order chi connectivity index (χ1) is 7.74. The van der Waals surface area contributed by atoms with E-state index in [1.807, 2.05) is 39.8 Å². The van der Waals surface area contributed by atoms with Gasteiger partial charge in [-0.3, -0.25) is 4.79 Å². The van der Waals surface area contributed by atoms with Crippen molar-refractivity contribution in [3.63, 3.8) is 0 Å². The van der Waals surface area contributed by atoms with Gasteiger partial charge in [-0.2, -0.15) is 0 Å². The van der Waals surface area contributed by atoms with Crippen molar-refractivity contribution in [3.8, 4) is 0 Å². The summed E-state index contributed by atoms with van der Waals surface area (Å²) in [4.78, 5) is 10.8. The number of aliphatic carboxylic acids is 1. The Bertz CT molecular complexity index is 424. The molecule has 3 heteroatoms. The number of benzene rings is 1. The zero-order valence-electron chi connectivity index (χ0n) is 10.9. The highest BCUT2D eigenvalue weighted by Gasteiger charge is 2.31. The summed E-state index contributed by atoms with van der Waals surface area (Å²) < 4.78 is 0. The molecule has 17 heavy (non-hydrogen) atoms. The fourth-order valence-corrected chi connectivity index (χ4v) is 2.10. The number of carbonyl (C=O) groups is 1. The van der Waals surface area contributed by atoms with Crippen LogP contribution >= 0.6 is 0 Å². The standard InChI is InChI=1S/C14H21NO2/c1-9-5-6-11(10(2)7-9)13(15)14(3,4)8-12(16)17/h5-7,13H,8,15H2,1-4H3,(H,16,17). The molecule has 0 aliphatic carbocycles. The fraction of sp³-hybridized carbons (Fsp3) is 0.500. The Morgan fingerprint density at radius 1 is 1.41 bits per heavy atom. The minimum atomic E-state index is -0.810. The van der Waals surface area contributed by atoms with Crippen LogP contribution in [0.3, 0.4) is 0 Å². The molecule has 0 aromatic heterocycles. The molecule has 0 bridgehead atoms. The van der Waals surface area contributed by atoms with Gasteiger partial charge in [0.15, 0.2) is 0 Å². The van der Waals surface area contributed by atoms with E-state index < -0.39 is 11.4 Å². The average molecular weight is 235 g/mol. The lowest BCUT2D eigenvalue weighted by Crippen LogP contribution is -2.32. The Kier molecular flexibility index (Phi) is 3.94. The highest BCUT2D eigenvalue weighted by atomic mass is 16.4. The second-order valence-electron chi connectivity index (χ2n) is 5.40. The lowest BCUT2D eigenvalue weighted by molar-refractivity contribution is -0.139. The van der Waals surface area contributed by atoms with Crippen molar-refractivity contribution in [1.29, 1.82) is 0 Å². The van der Waals surface area contributed by atoms with Crippen LogP contribution in [0.5, 0.6) is 0 Å². The minimum Gasteiger partial charge on any atom is -0.481 e. The summed E-state index contributed by atoms with van der Waals surface area (Å²) in [5.74, 6) is -0.810. The van der Waals surface area contributed by atoms with Gasteiger partial charge in [0.2, 0.25) is 0 Å². The summed E-state index contributed by atoms with van der Waals surface area (Å²) in [6.45, 7) is 7.83. The molecule has 94 valence electrons. The quantitative estimate of drug-likeness (QED) is 0.843. The Balaban J connectivity index is 3.03. The molecule has 1 aromatic rings. The van der Waals surface area contributed by atoms with E-state index in [1.165, 1.54) is 5.56 Å². The summed E-state index contributed by atoms with van der Waals surface area (Å²) in [5, 5.41) is 8.90. The second kappa shape index (κ2) is 4.88. The summed E-state index contributed by atoms with van der Waals surface area (Å²) in [5.41, 5.74) is 9.10.